The van der Waals surface area contributed by atoms with Gasteiger partial charge < -0.3 is 4.57 Å². The zero-order chi connectivity index (χ0) is 38.0. The number of para-hydroxylation sites is 1. The maximum Gasteiger partial charge on any atom is 0.277 e. The lowest BCUT2D eigenvalue weighted by Gasteiger charge is -2.14. The lowest BCUT2D eigenvalue weighted by molar-refractivity contribution is -0.384. The molecule has 0 amide bonds. The Balaban J connectivity index is 1.19. The first-order valence-corrected chi connectivity index (χ1v) is 19.8. The molecular weight excluding hydrogens is 717 g/mol. The molecule has 0 aliphatic rings. The van der Waals surface area contributed by atoms with Crippen molar-refractivity contribution in [3.63, 3.8) is 0 Å². The van der Waals surface area contributed by atoms with Gasteiger partial charge in [-0.3, -0.25) is 10.1 Å². The lowest BCUT2D eigenvalue weighted by Crippen LogP contribution is -1.96. The fraction of sp³-hybridized carbons (Fsp3) is 0. The van der Waals surface area contributed by atoms with E-state index in [1.165, 1.54) is 25.9 Å². The fourth-order valence-corrected chi connectivity index (χ4v) is 9.85. The third kappa shape index (κ3) is 5.43. The molecule has 11 rings (SSSR count). The number of aromatic nitrogens is 1. The van der Waals surface area contributed by atoms with Gasteiger partial charge in [0.15, 0.2) is 0 Å². The second kappa shape index (κ2) is 13.2. The van der Waals surface area contributed by atoms with E-state index in [4.69, 9.17) is 0 Å². The van der Waals surface area contributed by atoms with Gasteiger partial charge in [0.25, 0.3) is 5.69 Å². The predicted molar refractivity (Wildman–Crippen MR) is 240 cm³/mol. The quantitative estimate of drug-likeness (QED) is 0.126. The minimum Gasteiger partial charge on any atom is -0.309 e. The fourth-order valence-electron chi connectivity index (χ4n) is 8.62. The van der Waals surface area contributed by atoms with E-state index in [9.17, 15) is 10.1 Å². The first-order chi connectivity index (χ1) is 28.1. The summed E-state index contributed by atoms with van der Waals surface area (Å²) in [6.07, 6.45) is 0. The predicted octanol–water partition coefficient (Wildman–Crippen LogP) is 14.9. The van der Waals surface area contributed by atoms with Crippen LogP contribution in [-0.4, -0.2) is 9.49 Å². The second-order valence-electron chi connectivity index (χ2n) is 14.5. The molecule has 2 heterocycles. The van der Waals surface area contributed by atoms with Crippen LogP contribution in [0.2, 0.25) is 0 Å². The van der Waals surface area contributed by atoms with Gasteiger partial charge in [0, 0.05) is 48.1 Å². The zero-order valence-electron chi connectivity index (χ0n) is 30.6. The summed E-state index contributed by atoms with van der Waals surface area (Å²) in [6, 6.07) is 67.5. The summed E-state index contributed by atoms with van der Waals surface area (Å²) in [7, 11) is 0. The molecule has 0 atom stereocenters. The van der Waals surface area contributed by atoms with E-state index in [0.717, 1.165) is 71.5 Å². The average molecular weight is 749 g/mol. The van der Waals surface area contributed by atoms with Crippen molar-refractivity contribution in [3.05, 3.63) is 204 Å². The van der Waals surface area contributed by atoms with Crippen LogP contribution in [0.3, 0.4) is 0 Å². The molecule has 57 heavy (non-hydrogen) atoms. The van der Waals surface area contributed by atoms with E-state index in [0.29, 0.717) is 5.56 Å². The topological polar surface area (TPSA) is 48.1 Å². The van der Waals surface area contributed by atoms with Crippen LogP contribution in [0.5, 0.6) is 0 Å². The van der Waals surface area contributed by atoms with Crippen LogP contribution in [0.25, 0.3) is 103 Å². The standard InChI is InChI=1S/C52H32N2O2S/c55-54(56)49-25-24-36(33-14-4-1-5-15-33)29-44(49)43-30-47-46-31-45-41-21-12-13-23-48(41)53(50(45)32-51(46)57-52(47)42-22-11-10-20-40(42)43)39-27-37(34-16-6-2-7-17-34)26-38(28-39)35-18-8-3-9-19-35/h1-32H. The molecule has 4 nitrogen and oxygen atoms in total. The van der Waals surface area contributed by atoms with E-state index >= 15 is 0 Å². The molecule has 268 valence electrons. The number of hydrogen-bond acceptors (Lipinski definition) is 3. The van der Waals surface area contributed by atoms with Crippen LogP contribution in [-0.2, 0) is 0 Å². The molecular formula is C52H32N2O2S. The molecule has 0 fully saturated rings. The summed E-state index contributed by atoms with van der Waals surface area (Å²) in [4.78, 5) is 12.3. The summed E-state index contributed by atoms with van der Waals surface area (Å²) in [5.74, 6) is 0. The van der Waals surface area contributed by atoms with E-state index in [2.05, 4.69) is 144 Å². The molecule has 5 heteroatoms. The van der Waals surface area contributed by atoms with Crippen LogP contribution in [0, 0.1) is 10.1 Å². The van der Waals surface area contributed by atoms with E-state index in [-0.39, 0.29) is 10.6 Å². The van der Waals surface area contributed by atoms with Crippen molar-refractivity contribution in [1.29, 1.82) is 0 Å². The highest BCUT2D eigenvalue weighted by Gasteiger charge is 2.23. The number of thiophene rings is 1. The van der Waals surface area contributed by atoms with Crippen LogP contribution in [0.1, 0.15) is 0 Å². The Hall–Kier alpha value is -7.34. The van der Waals surface area contributed by atoms with Crippen molar-refractivity contribution in [2.24, 2.45) is 0 Å². The number of nitro benzene ring substituents is 1. The highest BCUT2D eigenvalue weighted by molar-refractivity contribution is 7.26. The minimum absolute atomic E-state index is 0.0942. The number of fused-ring (bicyclic) bond motifs is 8. The van der Waals surface area contributed by atoms with Gasteiger partial charge in [0.2, 0.25) is 0 Å². The first kappa shape index (κ1) is 33.0. The Morgan fingerprint density at radius 2 is 0.982 bits per heavy atom. The summed E-state index contributed by atoms with van der Waals surface area (Å²) in [5.41, 5.74) is 11.5. The summed E-state index contributed by atoms with van der Waals surface area (Å²) in [6.45, 7) is 0. The summed E-state index contributed by atoms with van der Waals surface area (Å²) >= 11 is 1.79. The van der Waals surface area contributed by atoms with Gasteiger partial charge >= 0.3 is 0 Å². The molecule has 11 aromatic rings. The van der Waals surface area contributed by atoms with Gasteiger partial charge in [-0.2, -0.15) is 0 Å². The van der Waals surface area contributed by atoms with Crippen molar-refractivity contribution >= 4 is 69.8 Å². The molecule has 0 bridgehead atoms. The summed E-state index contributed by atoms with van der Waals surface area (Å²) < 4.78 is 4.75. The van der Waals surface area contributed by atoms with Gasteiger partial charge in [0.1, 0.15) is 0 Å². The van der Waals surface area contributed by atoms with Crippen molar-refractivity contribution in [2.75, 3.05) is 0 Å². The van der Waals surface area contributed by atoms with Crippen LogP contribution in [0.4, 0.5) is 5.69 Å². The average Bonchev–Trinajstić information content (AvgIpc) is 3.80. The third-order valence-corrected chi connectivity index (χ3v) is 12.5. The Morgan fingerprint density at radius 3 is 1.63 bits per heavy atom. The monoisotopic (exact) mass is 748 g/mol. The molecule has 0 N–H and O–H groups in total. The molecule has 2 aromatic heterocycles. The van der Waals surface area contributed by atoms with Gasteiger partial charge in [-0.1, -0.05) is 133 Å². The lowest BCUT2D eigenvalue weighted by atomic mass is 9.92. The maximum atomic E-state index is 12.6. The molecule has 0 unspecified atom stereocenters. The van der Waals surface area contributed by atoms with Gasteiger partial charge in [-0.25, -0.2) is 0 Å². The second-order valence-corrected chi connectivity index (χ2v) is 15.6. The minimum atomic E-state index is -0.261. The molecule has 0 saturated carbocycles. The van der Waals surface area contributed by atoms with Gasteiger partial charge in [0.05, 0.1) is 21.5 Å². The van der Waals surface area contributed by atoms with Crippen molar-refractivity contribution in [3.8, 4) is 50.2 Å². The highest BCUT2D eigenvalue weighted by Crippen LogP contribution is 2.47. The van der Waals surface area contributed by atoms with E-state index < -0.39 is 0 Å². The third-order valence-electron chi connectivity index (χ3n) is 11.3. The van der Waals surface area contributed by atoms with Crippen LogP contribution < -0.4 is 0 Å². The highest BCUT2D eigenvalue weighted by atomic mass is 32.1. The molecule has 0 spiro atoms. The number of rotatable bonds is 6. The smallest absolute Gasteiger partial charge is 0.277 e. The Morgan fingerprint density at radius 1 is 0.404 bits per heavy atom. The zero-order valence-corrected chi connectivity index (χ0v) is 31.4. The Bertz CT molecular complexity index is 3310. The van der Waals surface area contributed by atoms with Gasteiger partial charge in [-0.15, -0.1) is 11.3 Å². The number of hydrogen-bond donors (Lipinski definition) is 0. The van der Waals surface area contributed by atoms with Crippen molar-refractivity contribution in [2.45, 2.75) is 0 Å². The van der Waals surface area contributed by atoms with Crippen molar-refractivity contribution in [1.82, 2.24) is 4.57 Å². The molecule has 0 aliphatic heterocycles. The van der Waals surface area contributed by atoms with Crippen LogP contribution in [0.15, 0.2) is 194 Å². The van der Waals surface area contributed by atoms with E-state index in [1.807, 2.05) is 48.5 Å². The number of benzene rings is 9. The Kier molecular flexibility index (Phi) is 7.62. The normalized spacial score (nSPS) is 11.6. The molecule has 0 radical (unpaired) electrons. The Labute approximate surface area is 332 Å². The number of nitrogens with zero attached hydrogens (tertiary/aromatic N) is 2. The molecule has 0 saturated heterocycles. The van der Waals surface area contributed by atoms with E-state index in [1.54, 1.807) is 17.4 Å². The maximum absolute atomic E-state index is 12.6. The molecule has 9 aromatic carbocycles. The number of nitro groups is 1. The first-order valence-electron chi connectivity index (χ1n) is 19.0. The van der Waals surface area contributed by atoms with Crippen LogP contribution >= 0.6 is 11.3 Å². The van der Waals surface area contributed by atoms with Crippen molar-refractivity contribution < 1.29 is 4.92 Å². The molecule has 0 aliphatic carbocycles. The largest absolute Gasteiger partial charge is 0.309 e. The SMILES string of the molecule is O=[N+]([O-])c1ccc(-c2ccccc2)cc1-c1cc2c3cc4c5ccccc5n(-c5cc(-c6ccccc6)cc(-c6ccccc6)c5)c4cc3sc2c2ccccc12. The van der Waals surface area contributed by atoms with Gasteiger partial charge in [-0.05, 0) is 98.9 Å². The summed E-state index contributed by atoms with van der Waals surface area (Å²) in [5, 5.41) is 19.3.